The van der Waals surface area contributed by atoms with Crippen LogP contribution in [0.2, 0.25) is 0 Å². The van der Waals surface area contributed by atoms with Crippen LogP contribution < -0.4 is 9.64 Å². The van der Waals surface area contributed by atoms with Gasteiger partial charge in [-0.25, -0.2) is 0 Å². The van der Waals surface area contributed by atoms with E-state index in [0.29, 0.717) is 0 Å². The molecule has 3 heteroatoms. The number of anilines is 3. The van der Waals surface area contributed by atoms with E-state index in [0.717, 1.165) is 55.7 Å². The summed E-state index contributed by atoms with van der Waals surface area (Å²) >= 11 is 1.87. The van der Waals surface area contributed by atoms with Crippen LogP contribution in [0.4, 0.5) is 17.1 Å². The number of rotatable bonds is 6. The third-order valence-corrected chi connectivity index (χ3v) is 16.6. The van der Waals surface area contributed by atoms with E-state index in [4.69, 9.17) is 4.74 Å². The van der Waals surface area contributed by atoms with Gasteiger partial charge in [0.05, 0.1) is 11.1 Å². The Morgan fingerprint density at radius 1 is 0.319 bits per heavy atom. The predicted octanol–water partition coefficient (Wildman–Crippen LogP) is 19.3. The molecule has 0 radical (unpaired) electrons. The number of thiophene rings is 1. The summed E-state index contributed by atoms with van der Waals surface area (Å²) < 4.78 is 9.87. The highest BCUT2D eigenvalue weighted by atomic mass is 32.1. The van der Waals surface area contributed by atoms with Gasteiger partial charge in [-0.1, -0.05) is 218 Å². The van der Waals surface area contributed by atoms with E-state index < -0.39 is 5.41 Å². The highest BCUT2D eigenvalue weighted by molar-refractivity contribution is 7.26. The normalized spacial score (nSPS) is 12.9. The molecule has 1 aromatic heterocycles. The molecule has 1 aliphatic heterocycles. The molecule has 1 spiro atoms. The summed E-state index contributed by atoms with van der Waals surface area (Å²) in [6, 6.07) is 95.9. The van der Waals surface area contributed by atoms with E-state index in [-0.39, 0.29) is 0 Å². The molecule has 0 unspecified atom stereocenters. The lowest BCUT2D eigenvalue weighted by atomic mass is 9.65. The zero-order valence-corrected chi connectivity index (χ0v) is 39.9. The fraction of sp³-hybridized carbons (Fsp3) is 0.0145. The largest absolute Gasteiger partial charge is 0.455 e. The number of nitrogens with zero attached hydrogens (tertiary/aromatic N) is 1. The topological polar surface area (TPSA) is 12.5 Å². The van der Waals surface area contributed by atoms with Gasteiger partial charge < -0.3 is 9.64 Å². The molecular formula is C69H43NOS. The molecule has 0 bridgehead atoms. The standard InChI is InChI=1S/C69H43NOS/c1-2-15-45(16-3-1)52-19-9-12-27-64(52)70(51-38-31-48(32-39-51)55-24-14-25-59-58-23-10-13-28-65(58)72-68(55)59)50-36-29-44(30-37-50)49-33-40-57-56-22-8-11-26-60(56)69(63(57)43-49)61-41-34-46-17-4-6-20-53(46)66(61)71-67-54-21-7-5-18-47(54)35-42-62(67)69/h1-43H. The minimum atomic E-state index is -0.620. The Labute approximate surface area is 421 Å². The smallest absolute Gasteiger partial charge is 0.140 e. The Morgan fingerprint density at radius 3 is 1.57 bits per heavy atom. The van der Waals surface area contributed by atoms with E-state index in [2.05, 4.69) is 266 Å². The van der Waals surface area contributed by atoms with Crippen molar-refractivity contribution in [1.29, 1.82) is 0 Å². The van der Waals surface area contributed by atoms with Gasteiger partial charge in [-0.15, -0.1) is 11.3 Å². The van der Waals surface area contributed by atoms with Crippen LogP contribution in [0.15, 0.2) is 261 Å². The van der Waals surface area contributed by atoms with Gasteiger partial charge in [0.2, 0.25) is 0 Å². The van der Waals surface area contributed by atoms with E-state index >= 15 is 0 Å². The maximum absolute atomic E-state index is 7.23. The van der Waals surface area contributed by atoms with Crippen molar-refractivity contribution in [3.8, 4) is 56.0 Å². The Bertz CT molecular complexity index is 4220. The van der Waals surface area contributed by atoms with E-state index in [1.165, 1.54) is 81.4 Å². The second-order valence-electron chi connectivity index (χ2n) is 19.1. The first-order chi connectivity index (χ1) is 35.7. The second-order valence-corrected chi connectivity index (χ2v) is 20.1. The van der Waals surface area contributed by atoms with Gasteiger partial charge >= 0.3 is 0 Å². The molecule has 0 fully saturated rings. The molecule has 72 heavy (non-hydrogen) atoms. The number of hydrogen-bond acceptors (Lipinski definition) is 3. The first-order valence-corrected chi connectivity index (χ1v) is 25.5. The van der Waals surface area contributed by atoms with Crippen LogP contribution in [0.25, 0.3) is 86.2 Å². The van der Waals surface area contributed by atoms with Crippen LogP contribution in [0.1, 0.15) is 22.3 Å². The van der Waals surface area contributed by atoms with Gasteiger partial charge in [-0.3, -0.25) is 0 Å². The van der Waals surface area contributed by atoms with Gasteiger partial charge in [0.1, 0.15) is 11.5 Å². The van der Waals surface area contributed by atoms with Crippen molar-refractivity contribution in [2.75, 3.05) is 4.90 Å². The third-order valence-electron chi connectivity index (χ3n) is 15.3. The number of fused-ring (bicyclic) bond motifs is 16. The summed E-state index contributed by atoms with van der Waals surface area (Å²) in [7, 11) is 0. The van der Waals surface area contributed by atoms with Crippen molar-refractivity contribution in [3.63, 3.8) is 0 Å². The highest BCUT2D eigenvalue weighted by Crippen LogP contribution is 2.64. The summed E-state index contributed by atoms with van der Waals surface area (Å²) in [5, 5.41) is 7.19. The minimum absolute atomic E-state index is 0.620. The Hall–Kier alpha value is -9.02. The minimum Gasteiger partial charge on any atom is -0.455 e. The molecular weight excluding hydrogens is 891 g/mol. The number of benzene rings is 12. The van der Waals surface area contributed by atoms with Crippen LogP contribution in [-0.2, 0) is 5.41 Å². The average molecular weight is 934 g/mol. The van der Waals surface area contributed by atoms with Crippen LogP contribution in [0.3, 0.4) is 0 Å². The first-order valence-electron chi connectivity index (χ1n) is 24.7. The van der Waals surface area contributed by atoms with Crippen LogP contribution in [0.5, 0.6) is 11.5 Å². The lowest BCUT2D eigenvalue weighted by Gasteiger charge is -2.40. The maximum Gasteiger partial charge on any atom is 0.140 e. The molecule has 1 aliphatic carbocycles. The van der Waals surface area contributed by atoms with Crippen molar-refractivity contribution in [2.45, 2.75) is 5.41 Å². The van der Waals surface area contributed by atoms with Crippen molar-refractivity contribution in [2.24, 2.45) is 0 Å². The molecule has 0 amide bonds. The van der Waals surface area contributed by atoms with Gasteiger partial charge in [0.15, 0.2) is 0 Å². The maximum atomic E-state index is 7.23. The molecule has 0 atom stereocenters. The van der Waals surface area contributed by atoms with E-state index in [9.17, 15) is 0 Å². The van der Waals surface area contributed by atoms with Gasteiger partial charge in [-0.05, 0) is 103 Å². The number of para-hydroxylation sites is 1. The molecule has 0 saturated heterocycles. The molecule has 13 aromatic rings. The Morgan fingerprint density at radius 2 is 0.847 bits per heavy atom. The van der Waals surface area contributed by atoms with Crippen molar-refractivity contribution in [3.05, 3.63) is 283 Å². The van der Waals surface area contributed by atoms with E-state index in [1.54, 1.807) is 0 Å². The van der Waals surface area contributed by atoms with Crippen LogP contribution >= 0.6 is 11.3 Å². The fourth-order valence-corrected chi connectivity index (χ4v) is 13.3. The third kappa shape index (κ3) is 6.01. The Balaban J connectivity index is 0.884. The van der Waals surface area contributed by atoms with Crippen molar-refractivity contribution < 1.29 is 4.74 Å². The zero-order chi connectivity index (χ0) is 47.3. The molecule has 336 valence electrons. The molecule has 0 N–H and O–H groups in total. The fourth-order valence-electron chi connectivity index (χ4n) is 12.1. The van der Waals surface area contributed by atoms with Crippen molar-refractivity contribution in [1.82, 2.24) is 0 Å². The lowest BCUT2D eigenvalue weighted by Crippen LogP contribution is -2.32. The molecule has 15 rings (SSSR count). The van der Waals surface area contributed by atoms with Gasteiger partial charge in [0, 0.05) is 59.0 Å². The highest BCUT2D eigenvalue weighted by Gasteiger charge is 2.52. The van der Waals surface area contributed by atoms with E-state index in [1.807, 2.05) is 11.3 Å². The number of ether oxygens (including phenoxy) is 1. The zero-order valence-electron chi connectivity index (χ0n) is 39.1. The number of hydrogen-bond donors (Lipinski definition) is 0. The summed E-state index contributed by atoms with van der Waals surface area (Å²) in [5.41, 5.74) is 17.2. The molecule has 2 aliphatic rings. The van der Waals surface area contributed by atoms with Crippen LogP contribution in [0, 0.1) is 0 Å². The average Bonchev–Trinajstić information content (AvgIpc) is 3.98. The van der Waals surface area contributed by atoms with Crippen LogP contribution in [-0.4, -0.2) is 0 Å². The quantitative estimate of drug-likeness (QED) is 0.165. The summed E-state index contributed by atoms with van der Waals surface area (Å²) in [5.74, 6) is 1.85. The predicted molar refractivity (Wildman–Crippen MR) is 303 cm³/mol. The summed E-state index contributed by atoms with van der Waals surface area (Å²) in [6.07, 6.45) is 0. The second kappa shape index (κ2) is 16.0. The van der Waals surface area contributed by atoms with Gasteiger partial charge in [-0.2, -0.15) is 0 Å². The summed E-state index contributed by atoms with van der Waals surface area (Å²) in [4.78, 5) is 2.41. The molecule has 2 nitrogen and oxygen atoms in total. The first kappa shape index (κ1) is 40.8. The summed E-state index contributed by atoms with van der Waals surface area (Å²) in [6.45, 7) is 0. The molecule has 0 saturated carbocycles. The Kier molecular flexibility index (Phi) is 9.08. The monoisotopic (exact) mass is 933 g/mol. The lowest BCUT2D eigenvalue weighted by molar-refractivity contribution is 0.447. The SMILES string of the molecule is c1ccc(-c2ccccc2N(c2ccc(-c3ccc4c(c3)C3(c5ccccc5-4)c4ccc5ccccc5c4Oc4c3ccc3ccccc43)cc2)c2ccc(-c3cccc4c3sc3ccccc34)cc2)cc1. The molecule has 2 heterocycles. The molecule has 12 aromatic carbocycles. The van der Waals surface area contributed by atoms with Crippen molar-refractivity contribution >= 4 is 70.1 Å². The van der Waals surface area contributed by atoms with Gasteiger partial charge in [0.25, 0.3) is 0 Å².